The van der Waals surface area contributed by atoms with Crippen LogP contribution in [0, 0.1) is 11.3 Å². The molecule has 86 valence electrons. The second kappa shape index (κ2) is 7.76. The van der Waals surface area contributed by atoms with Crippen molar-refractivity contribution in [3.63, 3.8) is 0 Å². The Morgan fingerprint density at radius 1 is 1.19 bits per heavy atom. The fraction of sp³-hybridized carbons (Fsp3) is 0.500. The van der Waals surface area contributed by atoms with Crippen molar-refractivity contribution in [2.45, 2.75) is 39.0 Å². The predicted octanol–water partition coefficient (Wildman–Crippen LogP) is 3.94. The molecule has 0 radical (unpaired) electrons. The van der Waals surface area contributed by atoms with Crippen molar-refractivity contribution in [2.24, 2.45) is 0 Å². The van der Waals surface area contributed by atoms with Gasteiger partial charge in [0.1, 0.15) is 0 Å². The summed E-state index contributed by atoms with van der Waals surface area (Å²) in [4.78, 5) is 0. The number of anilines is 1. The highest BCUT2D eigenvalue weighted by Gasteiger charge is 1.94. The largest absolute Gasteiger partial charge is 0.385 e. The summed E-state index contributed by atoms with van der Waals surface area (Å²) in [5.41, 5.74) is 1.77. The molecule has 0 aliphatic rings. The lowest BCUT2D eigenvalue weighted by molar-refractivity contribution is 0.645. The van der Waals surface area contributed by atoms with Gasteiger partial charge in [0.05, 0.1) is 11.6 Å². The van der Waals surface area contributed by atoms with Gasteiger partial charge in [-0.05, 0) is 24.6 Å². The number of rotatable bonds is 7. The van der Waals surface area contributed by atoms with Crippen molar-refractivity contribution in [2.75, 3.05) is 11.9 Å². The number of unbranched alkanes of at least 4 members (excludes halogenated alkanes) is 4. The summed E-state index contributed by atoms with van der Waals surface area (Å²) in [7, 11) is 0. The minimum absolute atomic E-state index is 0.719. The number of benzene rings is 1. The van der Waals surface area contributed by atoms with Crippen LogP contribution in [-0.2, 0) is 0 Å². The van der Waals surface area contributed by atoms with E-state index in [4.69, 9.17) is 5.26 Å². The summed E-state index contributed by atoms with van der Waals surface area (Å²) in [6, 6.07) is 9.79. The first-order chi connectivity index (χ1) is 7.86. The zero-order chi connectivity index (χ0) is 11.6. The Bertz CT molecular complexity index is 339. The molecular weight excluding hydrogens is 196 g/mol. The maximum Gasteiger partial charge on any atom is 0.0992 e. The fourth-order valence-electron chi connectivity index (χ4n) is 1.66. The lowest BCUT2D eigenvalue weighted by Crippen LogP contribution is -2.01. The minimum atomic E-state index is 0.719. The summed E-state index contributed by atoms with van der Waals surface area (Å²) in [5.74, 6) is 0. The van der Waals surface area contributed by atoms with Gasteiger partial charge in [-0.2, -0.15) is 5.26 Å². The van der Waals surface area contributed by atoms with Crippen LogP contribution in [-0.4, -0.2) is 6.54 Å². The molecule has 0 unspecified atom stereocenters. The molecule has 0 atom stereocenters. The number of nitriles is 1. The van der Waals surface area contributed by atoms with E-state index >= 15 is 0 Å². The van der Waals surface area contributed by atoms with Crippen molar-refractivity contribution >= 4 is 5.69 Å². The van der Waals surface area contributed by atoms with Crippen molar-refractivity contribution < 1.29 is 0 Å². The zero-order valence-electron chi connectivity index (χ0n) is 10.00. The smallest absolute Gasteiger partial charge is 0.0992 e. The molecule has 2 nitrogen and oxygen atoms in total. The maximum atomic E-state index is 8.75. The molecule has 0 aliphatic heterocycles. The summed E-state index contributed by atoms with van der Waals surface area (Å²) < 4.78 is 0. The van der Waals surface area contributed by atoms with E-state index < -0.39 is 0 Å². The molecule has 0 aliphatic carbocycles. The van der Waals surface area contributed by atoms with Crippen LogP contribution in [0.25, 0.3) is 0 Å². The summed E-state index contributed by atoms with van der Waals surface area (Å²) >= 11 is 0. The molecule has 1 rings (SSSR count). The first kappa shape index (κ1) is 12.6. The van der Waals surface area contributed by atoms with E-state index in [9.17, 15) is 0 Å². The number of nitrogens with one attached hydrogen (secondary N) is 1. The van der Waals surface area contributed by atoms with Gasteiger partial charge in [-0.1, -0.05) is 38.7 Å². The lowest BCUT2D eigenvalue weighted by atomic mass is 10.1. The van der Waals surface area contributed by atoms with Crippen LogP contribution in [0.4, 0.5) is 5.69 Å². The van der Waals surface area contributed by atoms with Crippen LogP contribution in [0.2, 0.25) is 0 Å². The molecule has 0 aromatic heterocycles. The molecule has 0 amide bonds. The first-order valence-corrected chi connectivity index (χ1v) is 6.11. The normalized spacial score (nSPS) is 9.75. The van der Waals surface area contributed by atoms with E-state index in [0.717, 1.165) is 17.8 Å². The van der Waals surface area contributed by atoms with E-state index in [2.05, 4.69) is 18.3 Å². The van der Waals surface area contributed by atoms with E-state index in [1.165, 1.54) is 32.1 Å². The highest BCUT2D eigenvalue weighted by Crippen LogP contribution is 2.10. The molecule has 1 N–H and O–H groups in total. The Morgan fingerprint density at radius 3 is 2.75 bits per heavy atom. The van der Waals surface area contributed by atoms with Gasteiger partial charge in [0.2, 0.25) is 0 Å². The van der Waals surface area contributed by atoms with Crippen molar-refractivity contribution in [1.29, 1.82) is 5.26 Å². The van der Waals surface area contributed by atoms with Gasteiger partial charge in [-0.25, -0.2) is 0 Å². The van der Waals surface area contributed by atoms with Crippen LogP contribution in [0.5, 0.6) is 0 Å². The van der Waals surface area contributed by atoms with Crippen LogP contribution < -0.4 is 5.32 Å². The van der Waals surface area contributed by atoms with Crippen LogP contribution in [0.3, 0.4) is 0 Å². The standard InChI is InChI=1S/C14H20N2/c1-2-3-4-5-6-10-16-14-9-7-8-13(11-14)12-15/h7-9,11,16H,2-6,10H2,1H3. The van der Waals surface area contributed by atoms with Gasteiger partial charge in [-0.15, -0.1) is 0 Å². The molecule has 16 heavy (non-hydrogen) atoms. The monoisotopic (exact) mass is 216 g/mol. The highest BCUT2D eigenvalue weighted by molar-refractivity contribution is 5.48. The third-order valence-electron chi connectivity index (χ3n) is 2.60. The zero-order valence-corrected chi connectivity index (χ0v) is 10.00. The Hall–Kier alpha value is -1.49. The van der Waals surface area contributed by atoms with Gasteiger partial charge in [0.15, 0.2) is 0 Å². The molecule has 0 heterocycles. The Morgan fingerprint density at radius 2 is 2.00 bits per heavy atom. The Kier molecular flexibility index (Phi) is 6.10. The van der Waals surface area contributed by atoms with Gasteiger partial charge < -0.3 is 5.32 Å². The van der Waals surface area contributed by atoms with Crippen molar-refractivity contribution in [3.05, 3.63) is 29.8 Å². The number of nitrogens with zero attached hydrogens (tertiary/aromatic N) is 1. The molecule has 0 bridgehead atoms. The third kappa shape index (κ3) is 4.84. The Labute approximate surface area is 98.3 Å². The molecule has 1 aromatic carbocycles. The second-order valence-corrected chi connectivity index (χ2v) is 4.03. The van der Waals surface area contributed by atoms with Crippen LogP contribution in [0.1, 0.15) is 44.6 Å². The second-order valence-electron chi connectivity index (χ2n) is 4.03. The van der Waals surface area contributed by atoms with Crippen LogP contribution in [0.15, 0.2) is 24.3 Å². The van der Waals surface area contributed by atoms with E-state index in [0.29, 0.717) is 0 Å². The average Bonchev–Trinajstić information content (AvgIpc) is 2.34. The highest BCUT2D eigenvalue weighted by atomic mass is 14.9. The quantitative estimate of drug-likeness (QED) is 0.701. The molecule has 0 fully saturated rings. The molecule has 2 heteroatoms. The third-order valence-corrected chi connectivity index (χ3v) is 2.60. The predicted molar refractivity (Wildman–Crippen MR) is 68.4 cm³/mol. The summed E-state index contributed by atoms with van der Waals surface area (Å²) in [6.45, 7) is 3.23. The van der Waals surface area contributed by atoms with Gasteiger partial charge >= 0.3 is 0 Å². The first-order valence-electron chi connectivity index (χ1n) is 6.11. The molecular formula is C14H20N2. The van der Waals surface area contributed by atoms with E-state index in [1.54, 1.807) is 0 Å². The molecule has 1 aromatic rings. The minimum Gasteiger partial charge on any atom is -0.385 e. The lowest BCUT2D eigenvalue weighted by Gasteiger charge is -2.06. The SMILES string of the molecule is CCCCCCCNc1cccc(C#N)c1. The topological polar surface area (TPSA) is 35.8 Å². The molecule has 0 saturated carbocycles. The molecule has 0 spiro atoms. The van der Waals surface area contributed by atoms with Gasteiger partial charge in [0, 0.05) is 12.2 Å². The van der Waals surface area contributed by atoms with Crippen molar-refractivity contribution in [3.8, 4) is 6.07 Å². The maximum absolute atomic E-state index is 8.75. The number of hydrogen-bond acceptors (Lipinski definition) is 2. The van der Waals surface area contributed by atoms with E-state index in [-0.39, 0.29) is 0 Å². The number of hydrogen-bond donors (Lipinski definition) is 1. The fourth-order valence-corrected chi connectivity index (χ4v) is 1.66. The molecule has 0 saturated heterocycles. The van der Waals surface area contributed by atoms with Gasteiger partial charge in [-0.3, -0.25) is 0 Å². The summed E-state index contributed by atoms with van der Waals surface area (Å²) in [5, 5.41) is 12.1. The Balaban J connectivity index is 2.19. The van der Waals surface area contributed by atoms with E-state index in [1.807, 2.05) is 24.3 Å². The average molecular weight is 216 g/mol. The van der Waals surface area contributed by atoms with Gasteiger partial charge in [0.25, 0.3) is 0 Å². The van der Waals surface area contributed by atoms with Crippen molar-refractivity contribution in [1.82, 2.24) is 0 Å². The summed E-state index contributed by atoms with van der Waals surface area (Å²) in [6.07, 6.45) is 6.45. The van der Waals surface area contributed by atoms with Crippen LogP contribution >= 0.6 is 0 Å².